The van der Waals surface area contributed by atoms with Gasteiger partial charge < -0.3 is 20.7 Å². The second-order valence-electron chi connectivity index (χ2n) is 7.17. The van der Waals surface area contributed by atoms with E-state index in [0.717, 1.165) is 25.7 Å². The lowest BCUT2D eigenvalue weighted by Gasteiger charge is -2.33. The molecule has 0 bridgehead atoms. The van der Waals surface area contributed by atoms with Crippen LogP contribution >= 0.6 is 24.8 Å². The van der Waals surface area contributed by atoms with Crippen LogP contribution in [0.1, 0.15) is 38.5 Å². The predicted octanol–water partition coefficient (Wildman–Crippen LogP) is 3.79. The standard InChI is InChI=1S/C18H24F3N3O2.2ClH/c19-18(20,21)26-15-6-4-5-14(11-15)24-10-7-13(12-24)23-16(25)17(22)8-2-1-3-9-17;;/h4-6,11,13H,1-3,7-10,12,22H2,(H,23,25);2*1H. The Hall–Kier alpha value is -1.38. The Labute approximate surface area is 175 Å². The van der Waals surface area contributed by atoms with Crippen LogP contribution in [0.2, 0.25) is 0 Å². The van der Waals surface area contributed by atoms with Gasteiger partial charge in [0.25, 0.3) is 0 Å². The van der Waals surface area contributed by atoms with E-state index >= 15 is 0 Å². The number of carbonyl (C=O) groups excluding carboxylic acids is 1. The molecule has 0 aromatic heterocycles. The molecule has 0 radical (unpaired) electrons. The lowest BCUT2D eigenvalue weighted by Crippen LogP contribution is -2.57. The van der Waals surface area contributed by atoms with Gasteiger partial charge in [0, 0.05) is 30.9 Å². The first-order chi connectivity index (χ1) is 12.3. The average Bonchev–Trinajstić information content (AvgIpc) is 3.03. The predicted molar refractivity (Wildman–Crippen MR) is 106 cm³/mol. The number of alkyl halides is 3. The molecule has 1 aromatic carbocycles. The number of ether oxygens (including phenoxy) is 1. The Bertz CT molecular complexity index is 655. The average molecular weight is 444 g/mol. The minimum atomic E-state index is -4.71. The Balaban J connectivity index is 0.00000196. The molecule has 1 unspecified atom stereocenters. The maximum absolute atomic E-state index is 12.5. The molecule has 160 valence electrons. The van der Waals surface area contributed by atoms with Gasteiger partial charge in [-0.1, -0.05) is 25.3 Å². The van der Waals surface area contributed by atoms with Crippen LogP contribution in [0.15, 0.2) is 24.3 Å². The molecule has 1 saturated heterocycles. The molecule has 3 N–H and O–H groups in total. The number of rotatable bonds is 4. The molecule has 1 saturated carbocycles. The fraction of sp³-hybridized carbons (Fsp3) is 0.611. The van der Waals surface area contributed by atoms with E-state index in [1.54, 1.807) is 6.07 Å². The van der Waals surface area contributed by atoms with Crippen molar-refractivity contribution in [2.24, 2.45) is 5.73 Å². The summed E-state index contributed by atoms with van der Waals surface area (Å²) in [6.07, 6.45) is 0.457. The van der Waals surface area contributed by atoms with Crippen molar-refractivity contribution < 1.29 is 22.7 Å². The van der Waals surface area contributed by atoms with Crippen LogP contribution in [0.4, 0.5) is 18.9 Å². The van der Waals surface area contributed by atoms with Crippen molar-refractivity contribution in [1.29, 1.82) is 0 Å². The second kappa shape index (κ2) is 9.89. The van der Waals surface area contributed by atoms with Crippen LogP contribution in [-0.2, 0) is 4.79 Å². The first-order valence-corrected chi connectivity index (χ1v) is 8.96. The second-order valence-corrected chi connectivity index (χ2v) is 7.17. The summed E-state index contributed by atoms with van der Waals surface area (Å²) in [7, 11) is 0. The number of carbonyl (C=O) groups is 1. The Morgan fingerprint density at radius 1 is 1.21 bits per heavy atom. The molecule has 0 spiro atoms. The highest BCUT2D eigenvalue weighted by Crippen LogP contribution is 2.29. The third-order valence-electron chi connectivity index (χ3n) is 5.14. The van der Waals surface area contributed by atoms with E-state index in [4.69, 9.17) is 5.73 Å². The largest absolute Gasteiger partial charge is 0.573 e. The van der Waals surface area contributed by atoms with Gasteiger partial charge in [0.2, 0.25) is 5.91 Å². The summed E-state index contributed by atoms with van der Waals surface area (Å²) in [6, 6.07) is 5.84. The minimum Gasteiger partial charge on any atom is -0.406 e. The van der Waals surface area contributed by atoms with Gasteiger partial charge >= 0.3 is 6.36 Å². The van der Waals surface area contributed by atoms with Crippen molar-refractivity contribution in [3.05, 3.63) is 24.3 Å². The first-order valence-electron chi connectivity index (χ1n) is 8.96. The highest BCUT2D eigenvalue weighted by Gasteiger charge is 2.37. The SMILES string of the molecule is Cl.Cl.NC1(C(=O)NC2CCN(c3cccc(OC(F)(F)F)c3)C2)CCCCC1. The molecule has 1 atom stereocenters. The molecule has 2 aliphatic rings. The number of nitrogens with one attached hydrogen (secondary N) is 1. The number of halogens is 5. The molecule has 28 heavy (non-hydrogen) atoms. The quantitative estimate of drug-likeness (QED) is 0.742. The highest BCUT2D eigenvalue weighted by molar-refractivity contribution is 5.86. The summed E-state index contributed by atoms with van der Waals surface area (Å²) in [5, 5.41) is 3.02. The van der Waals surface area contributed by atoms with Crippen LogP contribution in [0.3, 0.4) is 0 Å². The normalized spacial score (nSPS) is 21.3. The van der Waals surface area contributed by atoms with Crippen molar-refractivity contribution in [2.45, 2.75) is 56.5 Å². The number of amides is 1. The Morgan fingerprint density at radius 3 is 2.54 bits per heavy atom. The fourth-order valence-corrected chi connectivity index (χ4v) is 3.73. The van der Waals surface area contributed by atoms with E-state index in [0.29, 0.717) is 31.6 Å². The minimum absolute atomic E-state index is 0. The molecule has 1 amide bonds. The number of hydrogen-bond acceptors (Lipinski definition) is 4. The third-order valence-corrected chi connectivity index (χ3v) is 5.14. The topological polar surface area (TPSA) is 67.6 Å². The molecule has 1 aliphatic heterocycles. The zero-order valence-electron chi connectivity index (χ0n) is 15.3. The lowest BCUT2D eigenvalue weighted by molar-refractivity contribution is -0.274. The van der Waals surface area contributed by atoms with Crippen molar-refractivity contribution in [1.82, 2.24) is 5.32 Å². The zero-order valence-corrected chi connectivity index (χ0v) is 17.0. The highest BCUT2D eigenvalue weighted by atomic mass is 35.5. The van der Waals surface area contributed by atoms with Gasteiger partial charge in [-0.05, 0) is 31.4 Å². The monoisotopic (exact) mass is 443 g/mol. The molecule has 5 nitrogen and oxygen atoms in total. The first kappa shape index (κ1) is 24.7. The van der Waals surface area contributed by atoms with Crippen LogP contribution in [0.5, 0.6) is 5.75 Å². The molecule has 1 heterocycles. The summed E-state index contributed by atoms with van der Waals surface area (Å²) < 4.78 is 41.1. The van der Waals surface area contributed by atoms with Gasteiger partial charge in [-0.15, -0.1) is 38.0 Å². The smallest absolute Gasteiger partial charge is 0.406 e. The van der Waals surface area contributed by atoms with Crippen LogP contribution in [-0.4, -0.2) is 36.9 Å². The van der Waals surface area contributed by atoms with Crippen molar-refractivity contribution in [2.75, 3.05) is 18.0 Å². The van der Waals surface area contributed by atoms with Gasteiger partial charge in [0.1, 0.15) is 5.75 Å². The van der Waals surface area contributed by atoms with Crippen LogP contribution in [0.25, 0.3) is 0 Å². The van der Waals surface area contributed by atoms with Gasteiger partial charge in [0.15, 0.2) is 0 Å². The van der Waals surface area contributed by atoms with Crippen molar-refractivity contribution in [3.8, 4) is 5.75 Å². The summed E-state index contributed by atoms with van der Waals surface area (Å²) in [5.41, 5.74) is 6.11. The van der Waals surface area contributed by atoms with E-state index in [1.165, 1.54) is 18.2 Å². The van der Waals surface area contributed by atoms with Crippen molar-refractivity contribution in [3.63, 3.8) is 0 Å². The lowest BCUT2D eigenvalue weighted by atomic mass is 9.82. The number of nitrogens with two attached hydrogens (primary N) is 1. The van der Waals surface area contributed by atoms with Crippen molar-refractivity contribution >= 4 is 36.4 Å². The number of benzene rings is 1. The maximum Gasteiger partial charge on any atom is 0.573 e. The molecular weight excluding hydrogens is 418 g/mol. The van der Waals surface area contributed by atoms with Gasteiger partial charge in [-0.25, -0.2) is 0 Å². The molecule has 10 heteroatoms. The molecular formula is C18H26Cl2F3N3O2. The van der Waals surface area contributed by atoms with Gasteiger partial charge in [0.05, 0.1) is 5.54 Å². The van der Waals surface area contributed by atoms with E-state index in [2.05, 4.69) is 10.1 Å². The molecule has 2 fully saturated rings. The van der Waals surface area contributed by atoms with Gasteiger partial charge in [-0.3, -0.25) is 4.79 Å². The van der Waals surface area contributed by atoms with E-state index < -0.39 is 11.9 Å². The molecule has 1 aromatic rings. The van der Waals surface area contributed by atoms with E-state index in [-0.39, 0.29) is 42.5 Å². The number of hydrogen-bond donors (Lipinski definition) is 2. The number of nitrogens with zero attached hydrogens (tertiary/aromatic N) is 1. The fourth-order valence-electron chi connectivity index (χ4n) is 3.73. The van der Waals surface area contributed by atoms with Crippen LogP contribution < -0.4 is 20.7 Å². The van der Waals surface area contributed by atoms with E-state index in [1.807, 2.05) is 4.90 Å². The van der Waals surface area contributed by atoms with E-state index in [9.17, 15) is 18.0 Å². The summed E-state index contributed by atoms with van der Waals surface area (Å²) in [5.74, 6) is -0.358. The van der Waals surface area contributed by atoms with Crippen LogP contribution in [0, 0.1) is 0 Å². The maximum atomic E-state index is 12.5. The molecule has 1 aliphatic carbocycles. The Kier molecular flexibility index (Phi) is 8.71. The Morgan fingerprint density at radius 2 is 1.89 bits per heavy atom. The summed E-state index contributed by atoms with van der Waals surface area (Å²) in [6.45, 7) is 1.19. The number of anilines is 1. The zero-order chi connectivity index (χ0) is 18.8. The van der Waals surface area contributed by atoms with Gasteiger partial charge in [-0.2, -0.15) is 0 Å². The summed E-state index contributed by atoms with van der Waals surface area (Å²) >= 11 is 0. The summed E-state index contributed by atoms with van der Waals surface area (Å²) in [4.78, 5) is 14.5. The molecule has 3 rings (SSSR count). The third kappa shape index (κ3) is 6.32.